The Labute approximate surface area is 223 Å². The van der Waals surface area contributed by atoms with Gasteiger partial charge in [-0.2, -0.15) is 18.4 Å². The predicted octanol–water partition coefficient (Wildman–Crippen LogP) is 6.80. The van der Waals surface area contributed by atoms with E-state index in [1.807, 2.05) is 13.0 Å². The van der Waals surface area contributed by atoms with E-state index in [1.54, 1.807) is 42.5 Å². The molecule has 0 aliphatic heterocycles. The Balaban J connectivity index is 1.63. The Kier molecular flexibility index (Phi) is 8.24. The molecule has 1 amide bonds. The summed E-state index contributed by atoms with van der Waals surface area (Å²) < 4.78 is 58.2. The number of aromatic nitrogens is 1. The van der Waals surface area contributed by atoms with Gasteiger partial charge in [0.25, 0.3) is 0 Å². The molecule has 1 heterocycles. The fraction of sp³-hybridized carbons (Fsp3) is 0.148. The van der Waals surface area contributed by atoms with Crippen LogP contribution < -0.4 is 10.1 Å². The molecule has 11 heteroatoms. The van der Waals surface area contributed by atoms with Crippen molar-refractivity contribution < 1.29 is 26.9 Å². The molecule has 4 aromatic rings. The molecule has 0 saturated heterocycles. The van der Waals surface area contributed by atoms with Gasteiger partial charge in [-0.1, -0.05) is 54.7 Å². The van der Waals surface area contributed by atoms with Gasteiger partial charge in [0, 0.05) is 16.2 Å². The number of carbonyl (C=O) groups excluding carboxylic acids is 1. The first-order valence-electron chi connectivity index (χ1n) is 11.3. The van der Waals surface area contributed by atoms with Crippen molar-refractivity contribution in [2.45, 2.75) is 24.4 Å². The van der Waals surface area contributed by atoms with E-state index in [-0.39, 0.29) is 22.3 Å². The fourth-order valence-corrected chi connectivity index (χ4v) is 5.15. The summed E-state index contributed by atoms with van der Waals surface area (Å²) in [6.45, 7) is 1.82. The van der Waals surface area contributed by atoms with Gasteiger partial charge in [0.2, 0.25) is 11.0 Å². The molecule has 0 spiro atoms. The topological polar surface area (TPSA) is 92.1 Å². The van der Waals surface area contributed by atoms with Crippen LogP contribution in [-0.2, 0) is 28.2 Å². The molecular weight excluding hydrogens is 535 g/mol. The molecule has 0 aliphatic carbocycles. The number of hydrogen-bond donors (Lipinski definition) is 1. The number of rotatable bonds is 8. The van der Waals surface area contributed by atoms with Gasteiger partial charge in [0.1, 0.15) is 11.4 Å². The second-order valence-corrected chi connectivity index (χ2v) is 10.6. The van der Waals surface area contributed by atoms with E-state index in [0.29, 0.717) is 27.3 Å². The van der Waals surface area contributed by atoms with Crippen LogP contribution in [0.5, 0.6) is 10.8 Å². The molecule has 0 aliphatic rings. The maximum Gasteiger partial charge on any atom is 0.419 e. The molecule has 4 rings (SSSR count). The molecule has 3 aromatic carbocycles. The van der Waals surface area contributed by atoms with Gasteiger partial charge < -0.3 is 10.1 Å². The quantitative estimate of drug-likeness (QED) is 0.258. The van der Waals surface area contributed by atoms with Gasteiger partial charge in [-0.3, -0.25) is 9.00 Å². The number of benzene rings is 3. The van der Waals surface area contributed by atoms with E-state index in [1.165, 1.54) is 24.3 Å². The van der Waals surface area contributed by atoms with Crippen molar-refractivity contribution in [3.8, 4) is 28.1 Å². The van der Waals surface area contributed by atoms with Crippen LogP contribution in [0, 0.1) is 11.3 Å². The molecule has 0 radical (unpaired) electrons. The van der Waals surface area contributed by atoms with E-state index in [0.717, 1.165) is 17.4 Å². The zero-order chi connectivity index (χ0) is 27.3. The standard InChI is InChI=1S/C27H20F3N3O3S2/c1-2-38(35)20-12-10-17(11-13-20)15-23(34)32-26-33-24(19-7-5-6-18(14-19)16-31)25(37-26)36-22-9-4-3-8-21(22)27(28,29)30/h3-14H,2,15H2,1H3,(H,32,33,34). The molecular formula is C27H20F3N3O3S2. The van der Waals surface area contributed by atoms with E-state index in [2.05, 4.69) is 10.3 Å². The molecule has 38 heavy (non-hydrogen) atoms. The molecule has 1 N–H and O–H groups in total. The summed E-state index contributed by atoms with van der Waals surface area (Å²) in [4.78, 5) is 17.8. The molecule has 1 atom stereocenters. The fourth-order valence-electron chi connectivity index (χ4n) is 3.51. The summed E-state index contributed by atoms with van der Waals surface area (Å²) in [6.07, 6.45) is -4.64. The molecule has 0 bridgehead atoms. The maximum absolute atomic E-state index is 13.5. The Bertz CT molecular complexity index is 1530. The average molecular weight is 556 g/mol. The summed E-state index contributed by atoms with van der Waals surface area (Å²) >= 11 is 0.874. The second-order valence-electron chi connectivity index (χ2n) is 7.95. The maximum atomic E-state index is 13.5. The number of carbonyl (C=O) groups is 1. The highest BCUT2D eigenvalue weighted by Gasteiger charge is 2.34. The van der Waals surface area contributed by atoms with Crippen molar-refractivity contribution in [3.63, 3.8) is 0 Å². The van der Waals surface area contributed by atoms with E-state index < -0.39 is 34.2 Å². The summed E-state index contributed by atoms with van der Waals surface area (Å²) in [5.74, 6) is -0.326. The molecule has 1 aromatic heterocycles. The van der Waals surface area contributed by atoms with Crippen molar-refractivity contribution in [3.05, 3.63) is 89.5 Å². The van der Waals surface area contributed by atoms with Gasteiger partial charge in [-0.05, 0) is 42.0 Å². The number of ether oxygens (including phenoxy) is 1. The van der Waals surface area contributed by atoms with E-state index in [4.69, 9.17) is 4.74 Å². The van der Waals surface area contributed by atoms with Crippen molar-refractivity contribution in [2.75, 3.05) is 11.1 Å². The minimum Gasteiger partial charge on any atom is -0.444 e. The molecule has 0 fully saturated rings. The van der Waals surface area contributed by atoms with Gasteiger partial charge in [-0.15, -0.1) is 0 Å². The van der Waals surface area contributed by atoms with Crippen molar-refractivity contribution >= 4 is 33.2 Å². The zero-order valence-electron chi connectivity index (χ0n) is 19.9. The third-order valence-electron chi connectivity index (χ3n) is 5.32. The molecule has 1 unspecified atom stereocenters. The smallest absolute Gasteiger partial charge is 0.419 e. The lowest BCUT2D eigenvalue weighted by atomic mass is 10.1. The normalized spacial score (nSPS) is 12.0. The lowest BCUT2D eigenvalue weighted by Gasteiger charge is -2.13. The first kappa shape index (κ1) is 27.0. The Hall–Kier alpha value is -4.01. The number of amides is 1. The number of alkyl halides is 3. The predicted molar refractivity (Wildman–Crippen MR) is 140 cm³/mol. The number of hydrogen-bond acceptors (Lipinski definition) is 6. The van der Waals surface area contributed by atoms with Gasteiger partial charge in [-0.25, -0.2) is 4.98 Å². The van der Waals surface area contributed by atoms with Crippen LogP contribution in [0.25, 0.3) is 11.3 Å². The summed E-state index contributed by atoms with van der Waals surface area (Å²) in [5, 5.41) is 12.1. The van der Waals surface area contributed by atoms with Crippen molar-refractivity contribution in [1.82, 2.24) is 4.98 Å². The summed E-state index contributed by atoms with van der Waals surface area (Å²) in [5.41, 5.74) is 0.692. The third kappa shape index (κ3) is 6.45. The van der Waals surface area contributed by atoms with Gasteiger partial charge in [0.05, 0.1) is 34.4 Å². The number of thiazole rings is 1. The monoisotopic (exact) mass is 555 g/mol. The number of nitriles is 1. The van der Waals surface area contributed by atoms with Crippen LogP contribution in [0.4, 0.5) is 18.3 Å². The Morgan fingerprint density at radius 3 is 2.53 bits per heavy atom. The number of nitrogens with zero attached hydrogens (tertiary/aromatic N) is 2. The highest BCUT2D eigenvalue weighted by atomic mass is 32.2. The number of halogens is 3. The minimum absolute atomic E-state index is 0.00493. The van der Waals surface area contributed by atoms with Crippen LogP contribution in [0.2, 0.25) is 0 Å². The highest BCUT2D eigenvalue weighted by molar-refractivity contribution is 7.85. The van der Waals surface area contributed by atoms with Gasteiger partial charge in [0.15, 0.2) is 5.13 Å². The summed E-state index contributed by atoms with van der Waals surface area (Å²) in [6, 6.07) is 20.0. The van der Waals surface area contributed by atoms with Crippen molar-refractivity contribution in [1.29, 1.82) is 5.26 Å². The Morgan fingerprint density at radius 2 is 1.84 bits per heavy atom. The lowest BCUT2D eigenvalue weighted by Crippen LogP contribution is -2.14. The first-order valence-corrected chi connectivity index (χ1v) is 13.4. The molecule has 0 saturated carbocycles. The SMILES string of the molecule is CCS(=O)c1ccc(CC(=O)Nc2nc(-c3cccc(C#N)c3)c(Oc3ccccc3C(F)(F)F)s2)cc1. The van der Waals surface area contributed by atoms with E-state index in [9.17, 15) is 27.4 Å². The van der Waals surface area contributed by atoms with Gasteiger partial charge >= 0.3 is 6.18 Å². The molecule has 194 valence electrons. The Morgan fingerprint density at radius 1 is 1.11 bits per heavy atom. The van der Waals surface area contributed by atoms with E-state index >= 15 is 0 Å². The van der Waals surface area contributed by atoms with Crippen LogP contribution in [-0.4, -0.2) is 20.9 Å². The van der Waals surface area contributed by atoms with Crippen LogP contribution in [0.3, 0.4) is 0 Å². The minimum atomic E-state index is -4.64. The third-order valence-corrected chi connectivity index (χ3v) is 7.49. The van der Waals surface area contributed by atoms with Crippen LogP contribution >= 0.6 is 11.3 Å². The second kappa shape index (κ2) is 11.6. The summed E-state index contributed by atoms with van der Waals surface area (Å²) in [7, 11) is -1.10. The number of nitrogens with one attached hydrogen (secondary N) is 1. The zero-order valence-corrected chi connectivity index (χ0v) is 21.5. The lowest BCUT2D eigenvalue weighted by molar-refractivity contribution is -0.138. The highest BCUT2D eigenvalue weighted by Crippen LogP contribution is 2.44. The van der Waals surface area contributed by atoms with Crippen LogP contribution in [0.15, 0.2) is 77.7 Å². The number of anilines is 1. The van der Waals surface area contributed by atoms with Crippen molar-refractivity contribution in [2.24, 2.45) is 0 Å². The largest absolute Gasteiger partial charge is 0.444 e. The van der Waals surface area contributed by atoms with Crippen LogP contribution in [0.1, 0.15) is 23.6 Å². The molecule has 6 nitrogen and oxygen atoms in total. The number of para-hydroxylation sites is 1. The first-order chi connectivity index (χ1) is 18.2. The average Bonchev–Trinajstić information content (AvgIpc) is 3.30.